The van der Waals surface area contributed by atoms with Crippen LogP contribution in [0.15, 0.2) is 0 Å². The van der Waals surface area contributed by atoms with Crippen molar-refractivity contribution in [2.45, 2.75) is 55.4 Å². The van der Waals surface area contributed by atoms with Gasteiger partial charge in [-0.2, -0.15) is 0 Å². The average molecular weight is 347 g/mol. The summed E-state index contributed by atoms with van der Waals surface area (Å²) in [4.78, 5) is 0. The van der Waals surface area contributed by atoms with Gasteiger partial charge in [-0.1, -0.05) is 55.4 Å². The molecule has 0 rings (SSSR count). The number of hydrogen-bond acceptors (Lipinski definition) is 4. The Morgan fingerprint density at radius 3 is 0.476 bits per heavy atom. The average Bonchev–Trinajstić information content (AvgIpc) is 2.40. The molecule has 5 heteroatoms. The Balaban J connectivity index is -0.0000000533. The van der Waals surface area contributed by atoms with Gasteiger partial charge in [-0.25, -0.2) is 0 Å². The Labute approximate surface area is 144 Å². The van der Waals surface area contributed by atoms with Crippen LogP contribution in [0.25, 0.3) is 0 Å². The summed E-state index contributed by atoms with van der Waals surface area (Å²) in [6.45, 7) is 17.0. The standard InChI is InChI=1S/4C4H10O.V/c4*1-4(2)3-5;/h4*4-5H,3H2,1-2H3;. The van der Waals surface area contributed by atoms with Crippen molar-refractivity contribution in [1.82, 2.24) is 0 Å². The smallest absolute Gasteiger partial charge is 0.0453 e. The van der Waals surface area contributed by atoms with Crippen molar-refractivity contribution in [3.63, 3.8) is 0 Å². The van der Waals surface area contributed by atoms with Gasteiger partial charge < -0.3 is 20.4 Å². The molecule has 21 heavy (non-hydrogen) atoms. The van der Waals surface area contributed by atoms with Crippen LogP contribution in [0.5, 0.6) is 0 Å². The fraction of sp³-hybridized carbons (Fsp3) is 1.00. The van der Waals surface area contributed by atoms with Crippen LogP contribution in [0.2, 0.25) is 0 Å². The van der Waals surface area contributed by atoms with E-state index < -0.39 is 0 Å². The van der Waals surface area contributed by atoms with Crippen LogP contribution in [0.3, 0.4) is 0 Å². The van der Waals surface area contributed by atoms with E-state index in [2.05, 4.69) is 0 Å². The fourth-order valence-electron chi connectivity index (χ4n) is 0. The summed E-state index contributed by atoms with van der Waals surface area (Å²) in [5, 5.41) is 32.6. The third-order valence-electron chi connectivity index (χ3n) is 1.46. The Hall–Kier alpha value is 0.424. The minimum atomic E-state index is 0. The fourth-order valence-corrected chi connectivity index (χ4v) is 0. The van der Waals surface area contributed by atoms with Crippen molar-refractivity contribution in [2.24, 2.45) is 23.7 Å². The second-order valence-corrected chi connectivity index (χ2v) is 6.31. The Morgan fingerprint density at radius 2 is 0.476 bits per heavy atom. The second-order valence-electron chi connectivity index (χ2n) is 6.31. The number of aliphatic hydroxyl groups is 4. The molecule has 0 spiro atoms. The van der Waals surface area contributed by atoms with E-state index >= 15 is 0 Å². The largest absolute Gasteiger partial charge is 0.396 e. The van der Waals surface area contributed by atoms with Gasteiger partial charge in [0.25, 0.3) is 0 Å². The van der Waals surface area contributed by atoms with Crippen LogP contribution in [-0.4, -0.2) is 46.9 Å². The molecule has 0 aromatic heterocycles. The van der Waals surface area contributed by atoms with Crippen molar-refractivity contribution in [2.75, 3.05) is 26.4 Å². The van der Waals surface area contributed by atoms with E-state index in [-0.39, 0.29) is 18.6 Å². The Kier molecular flexibility index (Phi) is 45.1. The monoisotopic (exact) mass is 347 g/mol. The molecule has 0 saturated heterocycles. The van der Waals surface area contributed by atoms with Crippen molar-refractivity contribution in [1.29, 1.82) is 0 Å². The maximum absolute atomic E-state index is 8.14. The maximum atomic E-state index is 8.14. The van der Waals surface area contributed by atoms with Crippen molar-refractivity contribution >= 4 is 0 Å². The molecule has 0 atom stereocenters. The van der Waals surface area contributed by atoms with Crippen LogP contribution in [-0.2, 0) is 18.6 Å². The summed E-state index contributed by atoms with van der Waals surface area (Å²) in [7, 11) is 0. The molecule has 0 amide bonds. The summed E-state index contributed by atoms with van der Waals surface area (Å²) in [6, 6.07) is 0. The zero-order chi connectivity index (χ0) is 17.1. The summed E-state index contributed by atoms with van der Waals surface area (Å²) in [6.07, 6.45) is 0. The van der Waals surface area contributed by atoms with Crippen LogP contribution < -0.4 is 0 Å². The first kappa shape index (κ1) is 33.1. The molecule has 0 fully saturated rings. The Morgan fingerprint density at radius 1 is 0.429 bits per heavy atom. The molecule has 0 aliphatic carbocycles. The van der Waals surface area contributed by atoms with Gasteiger partial charge in [-0.15, -0.1) is 0 Å². The number of hydrogen-bond donors (Lipinski definition) is 4. The number of aliphatic hydroxyl groups excluding tert-OH is 4. The third kappa shape index (κ3) is 97.7. The molecular formula is C16H40O4V. The molecule has 133 valence electrons. The van der Waals surface area contributed by atoms with Gasteiger partial charge in [0.05, 0.1) is 0 Å². The molecule has 0 saturated carbocycles. The molecule has 0 aromatic rings. The van der Waals surface area contributed by atoms with E-state index in [0.29, 0.717) is 50.1 Å². The molecule has 0 bridgehead atoms. The maximum Gasteiger partial charge on any atom is 0.0453 e. The van der Waals surface area contributed by atoms with Gasteiger partial charge in [0.1, 0.15) is 0 Å². The van der Waals surface area contributed by atoms with E-state index in [1.54, 1.807) is 0 Å². The van der Waals surface area contributed by atoms with E-state index in [4.69, 9.17) is 20.4 Å². The van der Waals surface area contributed by atoms with Crippen molar-refractivity contribution < 1.29 is 39.0 Å². The molecule has 4 N–H and O–H groups in total. The van der Waals surface area contributed by atoms with Crippen LogP contribution in [0.4, 0.5) is 0 Å². The topological polar surface area (TPSA) is 80.9 Å². The minimum Gasteiger partial charge on any atom is -0.396 e. The first-order chi connectivity index (χ1) is 9.08. The van der Waals surface area contributed by atoms with Gasteiger partial charge in [0.2, 0.25) is 0 Å². The van der Waals surface area contributed by atoms with E-state index in [9.17, 15) is 0 Å². The third-order valence-corrected chi connectivity index (χ3v) is 1.46. The van der Waals surface area contributed by atoms with Crippen LogP contribution in [0.1, 0.15) is 55.4 Å². The van der Waals surface area contributed by atoms with Crippen molar-refractivity contribution in [3.05, 3.63) is 0 Å². The van der Waals surface area contributed by atoms with Gasteiger partial charge >= 0.3 is 0 Å². The first-order valence-corrected chi connectivity index (χ1v) is 7.52. The predicted octanol–water partition coefficient (Wildman–Crippen LogP) is 2.54. The van der Waals surface area contributed by atoms with Crippen LogP contribution in [0, 0.1) is 23.7 Å². The molecule has 0 aliphatic rings. The molecule has 0 aromatic carbocycles. The normalized spacial score (nSPS) is 9.14. The predicted molar refractivity (Wildman–Crippen MR) is 87.7 cm³/mol. The summed E-state index contributed by atoms with van der Waals surface area (Å²) in [5.74, 6) is 1.76. The van der Waals surface area contributed by atoms with Crippen molar-refractivity contribution in [3.8, 4) is 0 Å². The second kappa shape index (κ2) is 28.6. The summed E-state index contributed by atoms with van der Waals surface area (Å²) >= 11 is 0. The number of rotatable bonds is 4. The SMILES string of the molecule is CC(C)CO.CC(C)CO.CC(C)CO.CC(C)CO.[V]. The molecule has 4 nitrogen and oxygen atoms in total. The van der Waals surface area contributed by atoms with E-state index in [1.807, 2.05) is 55.4 Å². The molecule has 1 radical (unpaired) electrons. The summed E-state index contributed by atoms with van der Waals surface area (Å²) < 4.78 is 0. The zero-order valence-corrected chi connectivity index (χ0v) is 16.8. The van der Waals surface area contributed by atoms with Gasteiger partial charge in [0.15, 0.2) is 0 Å². The Bertz CT molecular complexity index is 108. The molecular weight excluding hydrogens is 307 g/mol. The zero-order valence-electron chi connectivity index (χ0n) is 15.4. The molecule has 0 unspecified atom stereocenters. The van der Waals surface area contributed by atoms with Gasteiger partial charge in [-0.05, 0) is 23.7 Å². The molecule has 0 heterocycles. The van der Waals surface area contributed by atoms with E-state index in [1.165, 1.54) is 0 Å². The molecule has 0 aliphatic heterocycles. The van der Waals surface area contributed by atoms with Crippen LogP contribution >= 0.6 is 0 Å². The van der Waals surface area contributed by atoms with Gasteiger partial charge in [0, 0.05) is 45.0 Å². The quantitative estimate of drug-likeness (QED) is 0.630. The first-order valence-electron chi connectivity index (χ1n) is 7.52. The minimum absolute atomic E-state index is 0. The summed E-state index contributed by atoms with van der Waals surface area (Å²) in [5.41, 5.74) is 0. The van der Waals surface area contributed by atoms with E-state index in [0.717, 1.165) is 0 Å². The van der Waals surface area contributed by atoms with Gasteiger partial charge in [-0.3, -0.25) is 0 Å².